The van der Waals surface area contributed by atoms with Gasteiger partial charge in [-0.2, -0.15) is 5.26 Å². The number of aryl methyl sites for hydroxylation is 1. The minimum absolute atomic E-state index is 0.671. The fourth-order valence-corrected chi connectivity index (χ4v) is 3.56. The van der Waals surface area contributed by atoms with Crippen molar-refractivity contribution >= 4 is 10.9 Å². The summed E-state index contributed by atoms with van der Waals surface area (Å²) in [4.78, 5) is 2.12. The minimum Gasteiger partial charge on any atom is -0.497 e. The maximum atomic E-state index is 9.98. The zero-order valence-corrected chi connectivity index (χ0v) is 19.5. The minimum atomic E-state index is 0.671. The van der Waals surface area contributed by atoms with Gasteiger partial charge in [0.2, 0.25) is 0 Å². The van der Waals surface area contributed by atoms with E-state index in [0.717, 1.165) is 58.1 Å². The second-order valence-electron chi connectivity index (χ2n) is 8.54. The van der Waals surface area contributed by atoms with Crippen molar-refractivity contribution in [2.75, 3.05) is 34.9 Å². The van der Waals surface area contributed by atoms with Gasteiger partial charge in [0, 0.05) is 24.0 Å². The average molecular weight is 420 g/mol. The molecule has 164 valence electrons. The number of rotatable bonds is 6. The number of hydrogen-bond donors (Lipinski definition) is 0. The van der Waals surface area contributed by atoms with Crippen molar-refractivity contribution in [2.24, 2.45) is 5.92 Å². The van der Waals surface area contributed by atoms with E-state index >= 15 is 0 Å². The zero-order valence-electron chi connectivity index (χ0n) is 19.5. The fourth-order valence-electron chi connectivity index (χ4n) is 3.56. The maximum absolute atomic E-state index is 9.98. The van der Waals surface area contributed by atoms with Crippen LogP contribution in [0.4, 0.5) is 0 Å². The molecule has 0 radical (unpaired) electrons. The molecule has 31 heavy (non-hydrogen) atoms. The smallest absolute Gasteiger partial charge is 0.129 e. The molecule has 5 nitrogen and oxygen atoms in total. The summed E-state index contributed by atoms with van der Waals surface area (Å²) in [6.07, 6.45) is 2.97. The molecule has 0 spiro atoms. The van der Waals surface area contributed by atoms with E-state index in [1.165, 1.54) is 12.8 Å². The summed E-state index contributed by atoms with van der Waals surface area (Å²) >= 11 is 0. The lowest BCUT2D eigenvalue weighted by atomic mass is 10.0. The maximum Gasteiger partial charge on any atom is 0.129 e. The van der Waals surface area contributed by atoms with Crippen molar-refractivity contribution in [3.63, 3.8) is 0 Å². The lowest BCUT2D eigenvalue weighted by molar-refractivity contribution is 0.386. The highest BCUT2D eigenvalue weighted by Crippen LogP contribution is 2.38. The molecule has 0 aliphatic heterocycles. The van der Waals surface area contributed by atoms with Crippen LogP contribution >= 0.6 is 0 Å². The highest BCUT2D eigenvalue weighted by atomic mass is 16.5. The Morgan fingerprint density at radius 2 is 1.74 bits per heavy atom. The van der Waals surface area contributed by atoms with Gasteiger partial charge in [0.05, 0.1) is 19.7 Å². The topological polar surface area (TPSA) is 50.4 Å². The lowest BCUT2D eigenvalue weighted by Crippen LogP contribution is -2.19. The van der Waals surface area contributed by atoms with E-state index in [-0.39, 0.29) is 0 Å². The van der Waals surface area contributed by atoms with Gasteiger partial charge in [0.1, 0.15) is 23.3 Å². The Labute approximate surface area is 185 Å². The number of nitriles is 1. The van der Waals surface area contributed by atoms with Crippen LogP contribution in [0, 0.1) is 24.2 Å². The van der Waals surface area contributed by atoms with E-state index in [2.05, 4.69) is 28.5 Å². The summed E-state index contributed by atoms with van der Waals surface area (Å²) in [5.74, 6) is 2.70. The molecule has 0 bridgehead atoms. The molecular formula is C26H33N3O2. The van der Waals surface area contributed by atoms with Crippen molar-refractivity contribution in [2.45, 2.75) is 33.2 Å². The lowest BCUT2D eigenvalue weighted by Gasteiger charge is -2.13. The quantitative estimate of drug-likeness (QED) is 0.531. The van der Waals surface area contributed by atoms with E-state index in [9.17, 15) is 5.26 Å². The van der Waals surface area contributed by atoms with Crippen LogP contribution in [0.25, 0.3) is 22.0 Å². The highest BCUT2D eigenvalue weighted by Gasteiger charge is 2.20. The van der Waals surface area contributed by atoms with Gasteiger partial charge in [-0.1, -0.05) is 31.9 Å². The first-order chi connectivity index (χ1) is 14.9. The zero-order chi connectivity index (χ0) is 22.5. The molecule has 5 heteroatoms. The van der Waals surface area contributed by atoms with Crippen LogP contribution in [0.1, 0.15) is 31.0 Å². The van der Waals surface area contributed by atoms with Crippen LogP contribution in [-0.2, 0) is 6.54 Å². The van der Waals surface area contributed by atoms with E-state index < -0.39 is 0 Å². The summed E-state index contributed by atoms with van der Waals surface area (Å²) < 4.78 is 12.9. The first-order valence-corrected chi connectivity index (χ1v) is 10.8. The van der Waals surface area contributed by atoms with Crippen molar-refractivity contribution in [3.8, 4) is 28.7 Å². The van der Waals surface area contributed by atoms with Crippen LogP contribution < -0.4 is 9.47 Å². The Hall–Kier alpha value is -2.97. The van der Waals surface area contributed by atoms with Gasteiger partial charge in [-0.3, -0.25) is 0 Å². The predicted octanol–water partition coefficient (Wildman–Crippen LogP) is 5.48. The molecule has 1 aromatic heterocycles. The molecule has 0 N–H and O–H groups in total. The van der Waals surface area contributed by atoms with E-state index in [4.69, 9.17) is 9.47 Å². The molecular weight excluding hydrogens is 386 g/mol. The third-order valence-electron chi connectivity index (χ3n) is 5.70. The third-order valence-corrected chi connectivity index (χ3v) is 5.70. The van der Waals surface area contributed by atoms with Crippen LogP contribution in [-0.4, -0.2) is 44.3 Å². The van der Waals surface area contributed by atoms with Gasteiger partial charge >= 0.3 is 0 Å². The van der Waals surface area contributed by atoms with E-state index in [0.29, 0.717) is 5.69 Å². The molecule has 1 saturated carbocycles. The van der Waals surface area contributed by atoms with Gasteiger partial charge in [0.15, 0.2) is 0 Å². The number of fused-ring (bicyclic) bond motifs is 1. The first-order valence-electron chi connectivity index (χ1n) is 10.8. The number of hydrogen-bond acceptors (Lipinski definition) is 4. The molecule has 1 heterocycles. The Bertz CT molecular complexity index is 1070. The monoisotopic (exact) mass is 419 g/mol. The van der Waals surface area contributed by atoms with Gasteiger partial charge < -0.3 is 18.9 Å². The third kappa shape index (κ3) is 5.21. The van der Waals surface area contributed by atoms with Gasteiger partial charge in [-0.15, -0.1) is 0 Å². The molecule has 1 aliphatic rings. The highest BCUT2D eigenvalue weighted by molar-refractivity contribution is 6.00. The Morgan fingerprint density at radius 3 is 2.23 bits per heavy atom. The fraction of sp³-hybridized carbons (Fsp3) is 0.423. The number of benzene rings is 2. The summed E-state index contributed by atoms with van der Waals surface area (Å²) in [5.41, 5.74) is 4.71. The first kappa shape index (κ1) is 22.7. The molecule has 0 unspecified atom stereocenters. The molecule has 0 saturated heterocycles. The Kier molecular flexibility index (Phi) is 7.25. The van der Waals surface area contributed by atoms with Gasteiger partial charge in [-0.25, -0.2) is 0 Å². The molecule has 1 fully saturated rings. The molecule has 3 aromatic rings. The number of aromatic nitrogens is 1. The molecule has 1 aliphatic carbocycles. The molecule has 2 aromatic carbocycles. The number of likely N-dealkylation sites (N-methyl/N-ethyl adjacent to an activating group) is 1. The SMILES string of the molecule is CC1CC1.COc1ccc(-c2c(C#N)n(CCN(C)C)c3cc(C)c(OC)cc23)cc1. The van der Waals surface area contributed by atoms with Gasteiger partial charge in [-0.05, 0) is 62.3 Å². The van der Waals surface area contributed by atoms with Crippen LogP contribution in [0.2, 0.25) is 0 Å². The van der Waals surface area contributed by atoms with Crippen LogP contribution in [0.5, 0.6) is 11.5 Å². The Balaban J connectivity index is 0.000000610. The average Bonchev–Trinajstić information content (AvgIpc) is 3.49. The predicted molar refractivity (Wildman–Crippen MR) is 127 cm³/mol. The van der Waals surface area contributed by atoms with Gasteiger partial charge in [0.25, 0.3) is 0 Å². The van der Waals surface area contributed by atoms with Crippen LogP contribution in [0.3, 0.4) is 0 Å². The van der Waals surface area contributed by atoms with Crippen LogP contribution in [0.15, 0.2) is 36.4 Å². The van der Waals surface area contributed by atoms with Crippen molar-refractivity contribution in [3.05, 3.63) is 47.7 Å². The Morgan fingerprint density at radius 1 is 1.10 bits per heavy atom. The molecule has 0 amide bonds. The summed E-state index contributed by atoms with van der Waals surface area (Å²) in [5, 5.41) is 11.0. The van der Waals surface area contributed by atoms with E-state index in [1.807, 2.05) is 51.4 Å². The number of nitrogens with zero attached hydrogens (tertiary/aromatic N) is 3. The van der Waals surface area contributed by atoms with Crippen molar-refractivity contribution < 1.29 is 9.47 Å². The second kappa shape index (κ2) is 9.89. The number of ether oxygens (including phenoxy) is 2. The normalized spacial score (nSPS) is 13.0. The summed E-state index contributed by atoms with van der Waals surface area (Å²) in [7, 11) is 7.40. The largest absolute Gasteiger partial charge is 0.497 e. The molecule has 0 atom stereocenters. The van der Waals surface area contributed by atoms with Crippen molar-refractivity contribution in [1.82, 2.24) is 9.47 Å². The summed E-state index contributed by atoms with van der Waals surface area (Å²) in [6, 6.07) is 14.4. The standard InChI is InChI=1S/C22H25N3O2.C4H8/c1-15-12-19-18(13-21(15)27-5)22(16-6-8-17(26-4)9-7-16)20(14-23)25(19)11-10-24(2)3;1-4-2-3-4/h6-9,12-13H,10-11H2,1-5H3;4H,2-3H2,1H3. The van der Waals surface area contributed by atoms with E-state index in [1.54, 1.807) is 14.2 Å². The summed E-state index contributed by atoms with van der Waals surface area (Å²) in [6.45, 7) is 5.90. The second-order valence-corrected chi connectivity index (χ2v) is 8.54. The number of methoxy groups -OCH3 is 2. The van der Waals surface area contributed by atoms with Crippen molar-refractivity contribution in [1.29, 1.82) is 5.26 Å². The molecule has 4 rings (SSSR count).